The molecule has 6 aromatic rings. The molecule has 0 amide bonds. The maximum Gasteiger partial charge on any atom is 0.111 e. The molecule has 2 saturated carbocycles. The van der Waals surface area contributed by atoms with Gasteiger partial charge in [0.2, 0.25) is 0 Å². The highest BCUT2D eigenvalue weighted by atomic mass is 15.2. The van der Waals surface area contributed by atoms with Crippen molar-refractivity contribution in [1.82, 2.24) is 28.9 Å². The van der Waals surface area contributed by atoms with Crippen LogP contribution in [0.2, 0.25) is 0 Å². The molecule has 2 fully saturated rings. The Morgan fingerprint density at radius 2 is 1.04 bits per heavy atom. The number of nitrogens with two attached hydrogens (primary N) is 1. The number of rotatable bonds is 5. The zero-order valence-corrected chi connectivity index (χ0v) is 30.1. The molecular formula is C44H48N8. The highest BCUT2D eigenvalue weighted by Crippen LogP contribution is 2.31. The second-order valence-electron chi connectivity index (χ2n) is 15.1. The number of aromatic nitrogens is 4. The summed E-state index contributed by atoms with van der Waals surface area (Å²) < 4.78 is 4.87. The fraction of sp³-hybridized carbons (Fsp3) is 0.386. The van der Waals surface area contributed by atoms with Crippen molar-refractivity contribution in [2.24, 2.45) is 5.73 Å². The molecule has 10 rings (SSSR count). The molecule has 0 atom stereocenters. The second-order valence-corrected chi connectivity index (χ2v) is 15.1. The van der Waals surface area contributed by atoms with E-state index < -0.39 is 0 Å². The standard InChI is InChI=1S/C22H26N4.C22H22N4/c2*23-15-16-4-6-17(7-5-16)18-8-9-20-21(14-18)26-13-12-25(19-2-1-3-19)11-10-22(26)24-20/h4-9,14,19H,1-3,10-13,15,23H2;4-9,14,19H,1-3,10-13H2. The largest absolute Gasteiger partial charge is 0.327 e. The van der Waals surface area contributed by atoms with Gasteiger partial charge in [-0.2, -0.15) is 5.26 Å². The molecular weight excluding hydrogens is 641 g/mol. The summed E-state index contributed by atoms with van der Waals surface area (Å²) in [5.41, 5.74) is 17.1. The Balaban J connectivity index is 0.000000138. The van der Waals surface area contributed by atoms with E-state index in [9.17, 15) is 0 Å². The third-order valence-electron chi connectivity index (χ3n) is 12.2. The third kappa shape index (κ3) is 6.43. The summed E-state index contributed by atoms with van der Waals surface area (Å²) in [7, 11) is 0. The first-order valence-corrected chi connectivity index (χ1v) is 19.4. The number of imidazole rings is 2. The Kier molecular flexibility index (Phi) is 9.10. The van der Waals surface area contributed by atoms with Crippen molar-refractivity contribution in [1.29, 1.82) is 5.26 Å². The molecule has 4 aliphatic rings. The Bertz CT molecular complexity index is 2230. The van der Waals surface area contributed by atoms with Crippen molar-refractivity contribution in [3.05, 3.63) is 108 Å². The van der Waals surface area contributed by atoms with Gasteiger partial charge in [-0.05, 0) is 89.9 Å². The Hall–Kier alpha value is -4.81. The maximum absolute atomic E-state index is 8.99. The van der Waals surface area contributed by atoms with Crippen LogP contribution in [0, 0.1) is 11.3 Å². The molecule has 4 aromatic carbocycles. The summed E-state index contributed by atoms with van der Waals surface area (Å²) >= 11 is 0. The number of nitriles is 1. The molecule has 0 unspecified atom stereocenters. The minimum Gasteiger partial charge on any atom is -0.327 e. The van der Waals surface area contributed by atoms with Crippen LogP contribution >= 0.6 is 0 Å². The fourth-order valence-electron chi connectivity index (χ4n) is 8.56. The van der Waals surface area contributed by atoms with E-state index in [0.717, 1.165) is 80.8 Å². The monoisotopic (exact) mass is 688 g/mol. The van der Waals surface area contributed by atoms with E-state index in [1.807, 2.05) is 24.3 Å². The van der Waals surface area contributed by atoms with Crippen molar-refractivity contribution < 1.29 is 0 Å². The lowest BCUT2D eigenvalue weighted by atomic mass is 9.91. The van der Waals surface area contributed by atoms with Crippen molar-refractivity contribution in [3.8, 4) is 28.3 Å². The van der Waals surface area contributed by atoms with Crippen LogP contribution < -0.4 is 5.73 Å². The summed E-state index contributed by atoms with van der Waals surface area (Å²) in [5, 5.41) is 8.99. The van der Waals surface area contributed by atoms with E-state index >= 15 is 0 Å². The SMILES string of the molecule is N#Cc1ccc(-c2ccc3nc4n(c3c2)CCN(C2CCC2)CC4)cc1.NCc1ccc(-c2ccc3nc4n(c3c2)CCN(C2CCC2)CC4)cc1. The minimum atomic E-state index is 0.590. The molecule has 2 aliphatic heterocycles. The third-order valence-corrected chi connectivity index (χ3v) is 12.2. The predicted molar refractivity (Wildman–Crippen MR) is 209 cm³/mol. The molecule has 2 aliphatic carbocycles. The zero-order chi connectivity index (χ0) is 35.0. The fourth-order valence-corrected chi connectivity index (χ4v) is 8.56. The number of hydrogen-bond acceptors (Lipinski definition) is 6. The second kappa shape index (κ2) is 14.3. The first kappa shape index (κ1) is 33.1. The number of hydrogen-bond donors (Lipinski definition) is 1. The molecule has 2 N–H and O–H groups in total. The van der Waals surface area contributed by atoms with Gasteiger partial charge in [0.05, 0.1) is 33.7 Å². The lowest BCUT2D eigenvalue weighted by molar-refractivity contribution is 0.130. The maximum atomic E-state index is 8.99. The van der Waals surface area contributed by atoms with Gasteiger partial charge in [0, 0.05) is 70.7 Å². The molecule has 2 aromatic heterocycles. The van der Waals surface area contributed by atoms with Gasteiger partial charge in [0.25, 0.3) is 0 Å². The minimum absolute atomic E-state index is 0.590. The summed E-state index contributed by atoms with van der Waals surface area (Å²) in [6.45, 7) is 7.24. The average molecular weight is 689 g/mol. The predicted octanol–water partition coefficient (Wildman–Crippen LogP) is 7.56. The van der Waals surface area contributed by atoms with Crippen LogP contribution in [-0.4, -0.2) is 67.2 Å². The van der Waals surface area contributed by atoms with Crippen molar-refractivity contribution in [2.45, 2.75) is 83.1 Å². The van der Waals surface area contributed by atoms with Crippen LogP contribution in [0.4, 0.5) is 0 Å². The Morgan fingerprint density at radius 1 is 0.577 bits per heavy atom. The van der Waals surface area contributed by atoms with Gasteiger partial charge in [-0.3, -0.25) is 9.80 Å². The van der Waals surface area contributed by atoms with Gasteiger partial charge in [-0.25, -0.2) is 9.97 Å². The Labute approximate surface area is 306 Å². The van der Waals surface area contributed by atoms with Crippen LogP contribution in [0.25, 0.3) is 44.3 Å². The van der Waals surface area contributed by atoms with Crippen LogP contribution in [0.1, 0.15) is 61.3 Å². The molecule has 4 heterocycles. The summed E-state index contributed by atoms with van der Waals surface area (Å²) in [4.78, 5) is 15.2. The first-order valence-electron chi connectivity index (χ1n) is 19.4. The first-order chi connectivity index (χ1) is 25.6. The van der Waals surface area contributed by atoms with E-state index in [-0.39, 0.29) is 0 Å². The molecule has 264 valence electrons. The Morgan fingerprint density at radius 3 is 1.46 bits per heavy atom. The van der Waals surface area contributed by atoms with Crippen molar-refractivity contribution >= 4 is 22.1 Å². The number of fused-ring (bicyclic) bond motifs is 6. The highest BCUT2D eigenvalue weighted by molar-refractivity contribution is 5.84. The lowest BCUT2D eigenvalue weighted by Crippen LogP contribution is -2.41. The summed E-state index contributed by atoms with van der Waals surface area (Å²) in [5.74, 6) is 2.47. The van der Waals surface area contributed by atoms with Crippen LogP contribution in [0.3, 0.4) is 0 Å². The normalized spacial score (nSPS) is 18.3. The molecule has 8 nitrogen and oxygen atoms in total. The summed E-state index contributed by atoms with van der Waals surface area (Å²) in [6.07, 6.45) is 10.4. The van der Waals surface area contributed by atoms with Crippen molar-refractivity contribution in [2.75, 3.05) is 26.2 Å². The van der Waals surface area contributed by atoms with Crippen molar-refractivity contribution in [3.63, 3.8) is 0 Å². The lowest BCUT2D eigenvalue weighted by Gasteiger charge is -2.36. The van der Waals surface area contributed by atoms with Crippen LogP contribution in [-0.2, 0) is 32.5 Å². The molecule has 0 saturated heterocycles. The topological polar surface area (TPSA) is 91.9 Å². The highest BCUT2D eigenvalue weighted by Gasteiger charge is 2.28. The molecule has 0 bridgehead atoms. The van der Waals surface area contributed by atoms with Gasteiger partial charge in [-0.15, -0.1) is 0 Å². The van der Waals surface area contributed by atoms with Gasteiger partial charge in [0.1, 0.15) is 11.6 Å². The van der Waals surface area contributed by atoms with Gasteiger partial charge < -0.3 is 14.9 Å². The number of benzene rings is 4. The van der Waals surface area contributed by atoms with E-state index in [1.165, 1.54) is 83.5 Å². The molecule has 0 radical (unpaired) electrons. The zero-order valence-electron chi connectivity index (χ0n) is 30.1. The molecule has 8 heteroatoms. The van der Waals surface area contributed by atoms with Gasteiger partial charge in [0.15, 0.2) is 0 Å². The van der Waals surface area contributed by atoms with Crippen LogP contribution in [0.15, 0.2) is 84.9 Å². The van der Waals surface area contributed by atoms with E-state index in [4.69, 9.17) is 21.0 Å². The van der Waals surface area contributed by atoms with Crippen LogP contribution in [0.5, 0.6) is 0 Å². The molecule has 0 spiro atoms. The van der Waals surface area contributed by atoms with E-state index in [2.05, 4.69) is 85.7 Å². The average Bonchev–Trinajstić information content (AvgIpc) is 3.51. The smallest absolute Gasteiger partial charge is 0.111 e. The quantitative estimate of drug-likeness (QED) is 0.201. The molecule has 52 heavy (non-hydrogen) atoms. The number of nitrogens with zero attached hydrogens (tertiary/aromatic N) is 7. The van der Waals surface area contributed by atoms with E-state index in [1.54, 1.807) is 0 Å². The van der Waals surface area contributed by atoms with Gasteiger partial charge >= 0.3 is 0 Å². The summed E-state index contributed by atoms with van der Waals surface area (Å²) in [6, 6.07) is 33.4. The van der Waals surface area contributed by atoms with E-state index in [0.29, 0.717) is 12.1 Å². The van der Waals surface area contributed by atoms with Gasteiger partial charge in [-0.1, -0.05) is 61.4 Å².